The molecule has 29 heavy (non-hydrogen) atoms. The highest BCUT2D eigenvalue weighted by Gasteiger charge is 2.51. The highest BCUT2D eigenvalue weighted by molar-refractivity contribution is 7.07. The first-order valence-electron chi connectivity index (χ1n) is 8.87. The van der Waals surface area contributed by atoms with Crippen molar-refractivity contribution in [2.75, 3.05) is 13.1 Å². The van der Waals surface area contributed by atoms with Crippen molar-refractivity contribution < 1.29 is 22.8 Å². The summed E-state index contributed by atoms with van der Waals surface area (Å²) in [6.45, 7) is 1.14. The zero-order valence-corrected chi connectivity index (χ0v) is 16.1. The maximum absolute atomic E-state index is 13.6. The Morgan fingerprint density at radius 1 is 1.31 bits per heavy atom. The number of hydrogen-bond donors (Lipinski definition) is 2. The Balaban J connectivity index is 1.58. The van der Waals surface area contributed by atoms with Crippen LogP contribution in [-0.2, 0) is 0 Å². The van der Waals surface area contributed by atoms with Crippen LogP contribution < -0.4 is 5.32 Å². The second kappa shape index (κ2) is 7.18. The molecule has 0 spiro atoms. The number of likely N-dealkylation sites (tertiary alicyclic amines) is 1. The van der Waals surface area contributed by atoms with Crippen molar-refractivity contribution in [1.82, 2.24) is 20.2 Å². The molecule has 1 aromatic carbocycles. The molecule has 1 fully saturated rings. The van der Waals surface area contributed by atoms with Crippen molar-refractivity contribution in [1.29, 1.82) is 0 Å². The molecule has 4 rings (SSSR count). The predicted molar refractivity (Wildman–Crippen MR) is 102 cm³/mol. The summed E-state index contributed by atoms with van der Waals surface area (Å²) < 4.78 is 40.7. The van der Waals surface area contributed by atoms with E-state index >= 15 is 0 Å². The van der Waals surface area contributed by atoms with Gasteiger partial charge in [0.25, 0.3) is 11.8 Å². The Morgan fingerprint density at radius 2 is 2.10 bits per heavy atom. The van der Waals surface area contributed by atoms with E-state index in [0.29, 0.717) is 10.9 Å². The van der Waals surface area contributed by atoms with Crippen LogP contribution >= 0.6 is 11.3 Å². The normalized spacial score (nSPS) is 19.7. The molecular weight excluding hydrogens is 405 g/mol. The van der Waals surface area contributed by atoms with Crippen molar-refractivity contribution in [2.24, 2.45) is 5.92 Å². The van der Waals surface area contributed by atoms with Crippen molar-refractivity contribution >= 4 is 34.1 Å². The Labute approximate surface area is 167 Å². The van der Waals surface area contributed by atoms with Crippen LogP contribution in [0, 0.1) is 12.8 Å². The molecule has 6 nitrogen and oxygen atoms in total. The van der Waals surface area contributed by atoms with E-state index < -0.39 is 36.5 Å². The number of thiazole rings is 1. The summed E-state index contributed by atoms with van der Waals surface area (Å²) in [6, 6.07) is 4.28. The van der Waals surface area contributed by atoms with E-state index in [9.17, 15) is 22.8 Å². The third kappa shape index (κ3) is 3.71. The number of hydrogen-bond acceptors (Lipinski definition) is 4. The number of carbonyl (C=O) groups is 2. The molecule has 1 aliphatic rings. The molecule has 3 aromatic rings. The molecule has 0 unspecified atom stereocenters. The van der Waals surface area contributed by atoms with Crippen LogP contribution in [0.4, 0.5) is 13.2 Å². The summed E-state index contributed by atoms with van der Waals surface area (Å²) in [4.78, 5) is 33.1. The fourth-order valence-electron chi connectivity index (χ4n) is 3.60. The van der Waals surface area contributed by atoms with Gasteiger partial charge < -0.3 is 15.2 Å². The summed E-state index contributed by atoms with van der Waals surface area (Å²) in [5, 5.41) is 4.52. The Morgan fingerprint density at radius 3 is 2.79 bits per heavy atom. The number of fused-ring (bicyclic) bond motifs is 1. The minimum absolute atomic E-state index is 0.0628. The first-order chi connectivity index (χ1) is 13.7. The minimum Gasteiger partial charge on any atom is -0.360 e. The number of nitrogens with zero attached hydrogens (tertiary/aromatic N) is 2. The lowest BCUT2D eigenvalue weighted by Gasteiger charge is -2.21. The van der Waals surface area contributed by atoms with E-state index in [1.165, 1.54) is 28.4 Å². The zero-order valence-electron chi connectivity index (χ0n) is 15.3. The van der Waals surface area contributed by atoms with Crippen molar-refractivity contribution in [3.63, 3.8) is 0 Å². The van der Waals surface area contributed by atoms with Crippen LogP contribution in [0.15, 0.2) is 35.3 Å². The monoisotopic (exact) mass is 422 g/mol. The van der Waals surface area contributed by atoms with Crippen LogP contribution in [0.3, 0.4) is 0 Å². The van der Waals surface area contributed by atoms with E-state index in [4.69, 9.17) is 0 Å². The number of carbonyl (C=O) groups excluding carboxylic acids is 2. The third-order valence-corrected chi connectivity index (χ3v) is 5.66. The van der Waals surface area contributed by atoms with E-state index in [-0.39, 0.29) is 12.2 Å². The number of aromatic nitrogens is 2. The van der Waals surface area contributed by atoms with Gasteiger partial charge in [-0.2, -0.15) is 13.2 Å². The Hall–Kier alpha value is -2.88. The molecule has 1 aliphatic heterocycles. The summed E-state index contributed by atoms with van der Waals surface area (Å²) in [7, 11) is 0. The molecule has 2 N–H and O–H groups in total. The summed E-state index contributed by atoms with van der Waals surface area (Å²) in [6.07, 6.45) is -3.04. The predicted octanol–water partition coefficient (Wildman–Crippen LogP) is 3.37. The first kappa shape index (κ1) is 19.4. The van der Waals surface area contributed by atoms with Gasteiger partial charge in [-0.15, -0.1) is 11.3 Å². The molecule has 2 atom stereocenters. The Bertz CT molecular complexity index is 1060. The lowest BCUT2D eigenvalue weighted by atomic mass is 10.0. The number of benzene rings is 1. The van der Waals surface area contributed by atoms with Gasteiger partial charge >= 0.3 is 6.18 Å². The van der Waals surface area contributed by atoms with E-state index in [1.54, 1.807) is 0 Å². The number of amides is 2. The number of halogens is 3. The second-order valence-electron chi connectivity index (χ2n) is 7.06. The van der Waals surface area contributed by atoms with Gasteiger partial charge in [-0.25, -0.2) is 4.98 Å². The van der Waals surface area contributed by atoms with Crippen LogP contribution in [0.2, 0.25) is 0 Å². The number of alkyl halides is 3. The van der Waals surface area contributed by atoms with Crippen molar-refractivity contribution in [2.45, 2.75) is 19.1 Å². The van der Waals surface area contributed by atoms with Gasteiger partial charge in [0.2, 0.25) is 0 Å². The van der Waals surface area contributed by atoms with Crippen molar-refractivity contribution in [3.8, 4) is 0 Å². The standard InChI is InChI=1S/C19H17F3N4O2S/c1-10-2-3-14-11(4-10)12(5-23-14)18(28)26-6-13(19(20,21)22)15(7-26)25-17(27)16-8-29-9-24-16/h2-5,8-9,13,15,23H,6-7H2,1H3,(H,25,27)/t13-,15-/m1/s1. The molecule has 1 saturated heterocycles. The molecule has 152 valence electrons. The lowest BCUT2D eigenvalue weighted by Crippen LogP contribution is -2.45. The number of nitrogens with one attached hydrogen (secondary N) is 2. The fraction of sp³-hybridized carbons (Fsp3) is 0.316. The number of aromatic amines is 1. The topological polar surface area (TPSA) is 78.1 Å². The van der Waals surface area contributed by atoms with Crippen LogP contribution in [0.1, 0.15) is 26.4 Å². The molecule has 0 saturated carbocycles. The highest BCUT2D eigenvalue weighted by Crippen LogP contribution is 2.35. The molecule has 0 radical (unpaired) electrons. The zero-order chi connectivity index (χ0) is 20.8. The molecule has 0 bridgehead atoms. The highest BCUT2D eigenvalue weighted by atomic mass is 32.1. The van der Waals surface area contributed by atoms with Gasteiger partial charge in [0.05, 0.1) is 23.0 Å². The molecule has 3 heterocycles. The van der Waals surface area contributed by atoms with Crippen molar-refractivity contribution in [3.05, 3.63) is 52.1 Å². The molecule has 2 amide bonds. The smallest absolute Gasteiger partial charge is 0.360 e. The van der Waals surface area contributed by atoms with E-state index in [0.717, 1.165) is 16.0 Å². The van der Waals surface area contributed by atoms with E-state index in [2.05, 4.69) is 15.3 Å². The average Bonchev–Trinajstić information content (AvgIpc) is 3.39. The SMILES string of the molecule is Cc1ccc2[nH]cc(C(=O)N3C[C@@H](C(F)(F)F)[C@H](NC(=O)c4cscn4)C3)c2c1. The summed E-state index contributed by atoms with van der Waals surface area (Å²) in [5.74, 6) is -3.02. The number of aryl methyl sites for hydroxylation is 1. The number of rotatable bonds is 3. The third-order valence-electron chi connectivity index (χ3n) is 5.08. The maximum atomic E-state index is 13.6. The van der Waals surface area contributed by atoms with Crippen LogP contribution in [-0.4, -0.2) is 52.0 Å². The lowest BCUT2D eigenvalue weighted by molar-refractivity contribution is -0.174. The van der Waals surface area contributed by atoms with Gasteiger partial charge in [-0.3, -0.25) is 9.59 Å². The largest absolute Gasteiger partial charge is 0.395 e. The Kier molecular flexibility index (Phi) is 4.81. The maximum Gasteiger partial charge on any atom is 0.395 e. The number of H-pyrrole nitrogens is 1. The minimum atomic E-state index is -4.55. The second-order valence-corrected chi connectivity index (χ2v) is 7.78. The average molecular weight is 422 g/mol. The van der Waals surface area contributed by atoms with Crippen LogP contribution in [0.25, 0.3) is 10.9 Å². The van der Waals surface area contributed by atoms with Gasteiger partial charge in [-0.05, 0) is 19.1 Å². The van der Waals surface area contributed by atoms with E-state index in [1.807, 2.05) is 25.1 Å². The molecule has 2 aromatic heterocycles. The fourth-order valence-corrected chi connectivity index (χ4v) is 4.13. The van der Waals surface area contributed by atoms with Gasteiger partial charge in [0, 0.05) is 35.6 Å². The van der Waals surface area contributed by atoms with Gasteiger partial charge in [-0.1, -0.05) is 11.6 Å². The summed E-state index contributed by atoms with van der Waals surface area (Å²) >= 11 is 1.18. The molecule has 0 aliphatic carbocycles. The molecule has 10 heteroatoms. The van der Waals surface area contributed by atoms with Gasteiger partial charge in [0.15, 0.2) is 0 Å². The first-order valence-corrected chi connectivity index (χ1v) is 9.81. The van der Waals surface area contributed by atoms with Gasteiger partial charge in [0.1, 0.15) is 5.69 Å². The molecular formula is C19H17F3N4O2S. The van der Waals surface area contributed by atoms with Crippen LogP contribution in [0.5, 0.6) is 0 Å². The quantitative estimate of drug-likeness (QED) is 0.680. The summed E-state index contributed by atoms with van der Waals surface area (Å²) in [5.41, 5.74) is 3.48.